The van der Waals surface area contributed by atoms with E-state index in [1.54, 1.807) is 14.2 Å². The summed E-state index contributed by atoms with van der Waals surface area (Å²) < 4.78 is 11.4. The van der Waals surface area contributed by atoms with E-state index in [9.17, 15) is 0 Å². The maximum atomic E-state index is 6.78. The maximum absolute atomic E-state index is 6.78. The molecule has 0 heterocycles. The molecule has 80 valence electrons. The Bertz CT molecular complexity index is 360. The van der Waals surface area contributed by atoms with Gasteiger partial charge in [-0.25, -0.2) is 6.57 Å². The number of halogens is 1. The van der Waals surface area contributed by atoms with Gasteiger partial charge in [0.25, 0.3) is 0 Å². The minimum Gasteiger partial charge on any atom is -0.496 e. The summed E-state index contributed by atoms with van der Waals surface area (Å²) in [5.74, 6) is 1.51. The molecule has 0 fully saturated rings. The summed E-state index contributed by atoms with van der Waals surface area (Å²) in [6.45, 7) is 7.22. The predicted octanol–water partition coefficient (Wildman–Crippen LogP) is 2.93. The number of hydrogen-bond donors (Lipinski definition) is 0. The van der Waals surface area contributed by atoms with Crippen molar-refractivity contribution in [2.45, 2.75) is 6.42 Å². The van der Waals surface area contributed by atoms with Crippen LogP contribution in [0, 0.1) is 6.57 Å². The van der Waals surface area contributed by atoms with Crippen LogP contribution in [0.2, 0.25) is 0 Å². The Labute approximate surface area is 98.0 Å². The highest BCUT2D eigenvalue weighted by Gasteiger charge is 2.12. The third-order valence-corrected chi connectivity index (χ3v) is 2.50. The van der Waals surface area contributed by atoms with Crippen LogP contribution in [0.3, 0.4) is 0 Å². The molecular weight excluding hydrogens is 258 g/mol. The molecule has 1 aromatic carbocycles. The lowest BCUT2D eigenvalue weighted by Crippen LogP contribution is -1.98. The van der Waals surface area contributed by atoms with E-state index < -0.39 is 0 Å². The van der Waals surface area contributed by atoms with E-state index in [2.05, 4.69) is 20.8 Å². The fourth-order valence-electron chi connectivity index (χ4n) is 1.37. The molecule has 0 amide bonds. The summed E-state index contributed by atoms with van der Waals surface area (Å²) >= 11 is 3.38. The third kappa shape index (κ3) is 2.87. The van der Waals surface area contributed by atoms with Gasteiger partial charge in [-0.3, -0.25) is 0 Å². The zero-order valence-corrected chi connectivity index (χ0v) is 10.3. The van der Waals surface area contributed by atoms with Gasteiger partial charge in [0.1, 0.15) is 11.5 Å². The summed E-state index contributed by atoms with van der Waals surface area (Å²) in [6.07, 6.45) is 0.642. The quantitative estimate of drug-likeness (QED) is 0.785. The molecule has 0 radical (unpaired) electrons. The van der Waals surface area contributed by atoms with Crippen molar-refractivity contribution in [2.24, 2.45) is 0 Å². The lowest BCUT2D eigenvalue weighted by molar-refractivity contribution is 0.385. The molecule has 0 saturated heterocycles. The molecule has 0 spiro atoms. The van der Waals surface area contributed by atoms with E-state index in [0.717, 1.165) is 21.5 Å². The smallest absolute Gasteiger partial charge is 0.218 e. The molecule has 0 aromatic heterocycles. The zero-order chi connectivity index (χ0) is 11.3. The fourth-order valence-corrected chi connectivity index (χ4v) is 1.78. The second-order valence-electron chi connectivity index (χ2n) is 2.92. The monoisotopic (exact) mass is 269 g/mol. The first kappa shape index (κ1) is 11.9. The molecule has 0 N–H and O–H groups in total. The molecule has 0 atom stereocenters. The summed E-state index contributed by atoms with van der Waals surface area (Å²) in [7, 11) is 3.23. The lowest BCUT2D eigenvalue weighted by atomic mass is 10.1. The Hall–Kier alpha value is -1.21. The van der Waals surface area contributed by atoms with Crippen LogP contribution in [0.5, 0.6) is 11.5 Å². The standard InChI is InChI=1S/C11H12BrNO2/c1-13-5-4-9-10(14-2)6-8(12)7-11(9)15-3/h6-7H,4-5H2,2-3H3. The first-order valence-corrected chi connectivity index (χ1v) is 5.25. The van der Waals surface area contributed by atoms with Gasteiger partial charge in [-0.15, -0.1) is 0 Å². The second-order valence-corrected chi connectivity index (χ2v) is 3.84. The molecule has 15 heavy (non-hydrogen) atoms. The van der Waals surface area contributed by atoms with Crippen molar-refractivity contribution in [3.05, 3.63) is 33.6 Å². The maximum Gasteiger partial charge on any atom is 0.218 e. The number of benzene rings is 1. The normalized spacial score (nSPS) is 9.47. The highest BCUT2D eigenvalue weighted by molar-refractivity contribution is 9.10. The van der Waals surface area contributed by atoms with Crippen LogP contribution in [0.25, 0.3) is 4.85 Å². The number of methoxy groups -OCH3 is 2. The van der Waals surface area contributed by atoms with Gasteiger partial charge in [-0.05, 0) is 12.1 Å². The van der Waals surface area contributed by atoms with Crippen LogP contribution >= 0.6 is 15.9 Å². The van der Waals surface area contributed by atoms with Crippen LogP contribution in [-0.2, 0) is 6.42 Å². The minimum atomic E-state index is 0.439. The van der Waals surface area contributed by atoms with Crippen LogP contribution in [0.4, 0.5) is 0 Å². The highest BCUT2D eigenvalue weighted by atomic mass is 79.9. The Morgan fingerprint density at radius 1 is 1.27 bits per heavy atom. The SMILES string of the molecule is [C-]#[N+]CCc1c(OC)cc(Br)cc1OC. The first-order valence-electron chi connectivity index (χ1n) is 4.46. The van der Waals surface area contributed by atoms with Gasteiger partial charge in [-0.1, -0.05) is 15.9 Å². The van der Waals surface area contributed by atoms with Gasteiger partial charge >= 0.3 is 0 Å². The molecule has 3 nitrogen and oxygen atoms in total. The van der Waals surface area contributed by atoms with Gasteiger partial charge in [0.05, 0.1) is 20.6 Å². The van der Waals surface area contributed by atoms with Crippen LogP contribution in [0.1, 0.15) is 5.56 Å². The number of nitrogens with zero attached hydrogens (tertiary/aromatic N) is 1. The van der Waals surface area contributed by atoms with Crippen molar-refractivity contribution in [3.8, 4) is 11.5 Å². The van der Waals surface area contributed by atoms with E-state index in [-0.39, 0.29) is 0 Å². The molecule has 0 bridgehead atoms. The molecule has 0 saturated carbocycles. The van der Waals surface area contributed by atoms with Crippen LogP contribution in [0.15, 0.2) is 16.6 Å². The zero-order valence-electron chi connectivity index (χ0n) is 8.71. The third-order valence-electron chi connectivity index (χ3n) is 2.05. The number of rotatable bonds is 4. The molecule has 0 aliphatic rings. The average molecular weight is 270 g/mol. The Morgan fingerprint density at radius 3 is 2.20 bits per heavy atom. The second kappa shape index (κ2) is 5.62. The van der Waals surface area contributed by atoms with Crippen molar-refractivity contribution < 1.29 is 9.47 Å². The van der Waals surface area contributed by atoms with Crippen molar-refractivity contribution in [1.82, 2.24) is 0 Å². The lowest BCUT2D eigenvalue weighted by Gasteiger charge is -2.11. The Balaban J connectivity index is 3.13. The topological polar surface area (TPSA) is 22.8 Å². The van der Waals surface area contributed by atoms with Crippen LogP contribution < -0.4 is 9.47 Å². The van der Waals surface area contributed by atoms with E-state index >= 15 is 0 Å². The Morgan fingerprint density at radius 2 is 1.80 bits per heavy atom. The first-order chi connectivity index (χ1) is 7.22. The molecule has 4 heteroatoms. The molecule has 0 unspecified atom stereocenters. The van der Waals surface area contributed by atoms with Gasteiger partial charge in [0.2, 0.25) is 6.54 Å². The molecule has 1 rings (SSSR count). The summed E-state index contributed by atoms with van der Waals surface area (Å²) in [4.78, 5) is 3.33. The van der Waals surface area contributed by atoms with E-state index in [1.807, 2.05) is 12.1 Å². The predicted molar refractivity (Wildman–Crippen MR) is 62.4 cm³/mol. The van der Waals surface area contributed by atoms with Gasteiger partial charge < -0.3 is 14.3 Å². The Kier molecular flexibility index (Phi) is 4.44. The van der Waals surface area contributed by atoms with E-state index in [1.165, 1.54) is 0 Å². The molecular formula is C11H12BrNO2. The largest absolute Gasteiger partial charge is 0.496 e. The van der Waals surface area contributed by atoms with Crippen molar-refractivity contribution in [3.63, 3.8) is 0 Å². The molecule has 0 aliphatic carbocycles. The van der Waals surface area contributed by atoms with Crippen LogP contribution in [-0.4, -0.2) is 20.8 Å². The minimum absolute atomic E-state index is 0.439. The fraction of sp³-hybridized carbons (Fsp3) is 0.364. The average Bonchev–Trinajstić information content (AvgIpc) is 2.26. The molecule has 1 aromatic rings. The summed E-state index contributed by atoms with van der Waals surface area (Å²) in [5.41, 5.74) is 0.944. The van der Waals surface area contributed by atoms with Crippen molar-refractivity contribution in [1.29, 1.82) is 0 Å². The highest BCUT2D eigenvalue weighted by Crippen LogP contribution is 2.33. The number of hydrogen-bond acceptors (Lipinski definition) is 2. The van der Waals surface area contributed by atoms with E-state index in [4.69, 9.17) is 16.0 Å². The van der Waals surface area contributed by atoms with Gasteiger partial charge in [0.15, 0.2) is 0 Å². The summed E-state index contributed by atoms with van der Waals surface area (Å²) in [5, 5.41) is 0. The van der Waals surface area contributed by atoms with Gasteiger partial charge in [-0.2, -0.15) is 0 Å². The summed E-state index contributed by atoms with van der Waals surface area (Å²) in [6, 6.07) is 3.75. The van der Waals surface area contributed by atoms with E-state index in [0.29, 0.717) is 13.0 Å². The van der Waals surface area contributed by atoms with Gasteiger partial charge in [0, 0.05) is 10.0 Å². The molecule has 0 aliphatic heterocycles. The number of ether oxygens (including phenoxy) is 2. The van der Waals surface area contributed by atoms with Crippen molar-refractivity contribution in [2.75, 3.05) is 20.8 Å². The van der Waals surface area contributed by atoms with Crippen molar-refractivity contribution >= 4 is 15.9 Å².